The molecular weight excluding hydrogens is 236 g/mol. The van der Waals surface area contributed by atoms with Gasteiger partial charge in [-0.1, -0.05) is 39.0 Å². The molecule has 1 aliphatic rings. The Balaban J connectivity index is 2.07. The van der Waals surface area contributed by atoms with E-state index in [1.165, 1.54) is 32.1 Å². The van der Waals surface area contributed by atoms with E-state index < -0.39 is 0 Å². The first-order chi connectivity index (χ1) is 9.13. The summed E-state index contributed by atoms with van der Waals surface area (Å²) in [6, 6.07) is 1.31. The number of amides is 1. The van der Waals surface area contributed by atoms with Crippen molar-refractivity contribution in [2.75, 3.05) is 0 Å². The summed E-state index contributed by atoms with van der Waals surface area (Å²) in [5.41, 5.74) is 0. The molecule has 0 aromatic carbocycles. The zero-order chi connectivity index (χ0) is 14.1. The number of hydrogen-bond acceptors (Lipinski definition) is 2. The van der Waals surface area contributed by atoms with Crippen LogP contribution in [0.1, 0.15) is 78.6 Å². The summed E-state index contributed by atoms with van der Waals surface area (Å²) in [6.45, 7) is 6.61. The lowest BCUT2D eigenvalue weighted by Crippen LogP contribution is -2.54. The molecule has 0 bridgehead atoms. The van der Waals surface area contributed by atoms with Gasteiger partial charge in [0.2, 0.25) is 5.91 Å². The molecule has 3 nitrogen and oxygen atoms in total. The normalized spacial score (nSPS) is 27.2. The molecule has 1 amide bonds. The topological polar surface area (TPSA) is 41.1 Å². The van der Waals surface area contributed by atoms with E-state index in [1.54, 1.807) is 0 Å². The van der Waals surface area contributed by atoms with E-state index in [0.717, 1.165) is 19.3 Å². The minimum Gasteiger partial charge on any atom is -0.352 e. The number of nitrogens with one attached hydrogen (secondary N) is 2. The average molecular weight is 268 g/mol. The third-order valence-corrected chi connectivity index (χ3v) is 4.17. The fraction of sp³-hybridized carbons (Fsp3) is 0.938. The number of carbonyl (C=O) groups is 1. The predicted octanol–water partition coefficient (Wildman–Crippen LogP) is 3.38. The minimum absolute atomic E-state index is 0.240. The van der Waals surface area contributed by atoms with Crippen molar-refractivity contribution in [1.82, 2.24) is 10.6 Å². The monoisotopic (exact) mass is 268 g/mol. The van der Waals surface area contributed by atoms with Gasteiger partial charge in [0.05, 0.1) is 0 Å². The maximum Gasteiger partial charge on any atom is 0.220 e. The molecule has 0 aromatic rings. The van der Waals surface area contributed by atoms with Crippen LogP contribution in [-0.4, -0.2) is 24.0 Å². The molecule has 0 radical (unpaired) electrons. The molecule has 3 unspecified atom stereocenters. The molecule has 0 aromatic heterocycles. The van der Waals surface area contributed by atoms with Crippen molar-refractivity contribution in [2.24, 2.45) is 0 Å². The molecule has 19 heavy (non-hydrogen) atoms. The smallest absolute Gasteiger partial charge is 0.220 e. The largest absolute Gasteiger partial charge is 0.352 e. The molecule has 2 N–H and O–H groups in total. The van der Waals surface area contributed by atoms with Gasteiger partial charge in [-0.3, -0.25) is 4.79 Å². The Bertz CT molecular complexity index is 255. The number of piperidine rings is 1. The van der Waals surface area contributed by atoms with E-state index in [4.69, 9.17) is 0 Å². The minimum atomic E-state index is 0.240. The van der Waals surface area contributed by atoms with Gasteiger partial charge in [-0.25, -0.2) is 0 Å². The zero-order valence-electron chi connectivity index (χ0n) is 13.0. The average Bonchev–Trinajstić information content (AvgIpc) is 2.37. The second-order valence-electron chi connectivity index (χ2n) is 6.13. The second kappa shape index (κ2) is 9.35. The van der Waals surface area contributed by atoms with Crippen LogP contribution < -0.4 is 10.6 Å². The maximum absolute atomic E-state index is 11.9. The molecule has 0 saturated carbocycles. The highest BCUT2D eigenvalue weighted by Gasteiger charge is 2.25. The van der Waals surface area contributed by atoms with E-state index in [2.05, 4.69) is 31.4 Å². The molecule has 0 aliphatic carbocycles. The molecule has 3 atom stereocenters. The quantitative estimate of drug-likeness (QED) is 0.663. The van der Waals surface area contributed by atoms with Crippen molar-refractivity contribution in [3.05, 3.63) is 0 Å². The van der Waals surface area contributed by atoms with Crippen LogP contribution >= 0.6 is 0 Å². The first-order valence-corrected chi connectivity index (χ1v) is 8.19. The Morgan fingerprint density at radius 3 is 2.47 bits per heavy atom. The number of unbranched alkanes of at least 4 members (excludes halogenated alkanes) is 5. The summed E-state index contributed by atoms with van der Waals surface area (Å²) in [7, 11) is 0. The molecule has 112 valence electrons. The van der Waals surface area contributed by atoms with Crippen molar-refractivity contribution in [3.63, 3.8) is 0 Å². The van der Waals surface area contributed by atoms with Gasteiger partial charge in [-0.15, -0.1) is 0 Å². The second-order valence-corrected chi connectivity index (χ2v) is 6.13. The van der Waals surface area contributed by atoms with Crippen molar-refractivity contribution in [1.29, 1.82) is 0 Å². The molecule has 1 saturated heterocycles. The van der Waals surface area contributed by atoms with Crippen molar-refractivity contribution in [2.45, 2.75) is 96.7 Å². The van der Waals surface area contributed by atoms with Crippen LogP contribution in [0.15, 0.2) is 0 Å². The van der Waals surface area contributed by atoms with Gasteiger partial charge in [0.1, 0.15) is 0 Å². The van der Waals surface area contributed by atoms with Gasteiger partial charge >= 0.3 is 0 Å². The highest BCUT2D eigenvalue weighted by atomic mass is 16.1. The third kappa shape index (κ3) is 6.95. The molecule has 0 spiro atoms. The maximum atomic E-state index is 11.9. The van der Waals surface area contributed by atoms with E-state index in [1.807, 2.05) is 0 Å². The van der Waals surface area contributed by atoms with Gasteiger partial charge < -0.3 is 10.6 Å². The van der Waals surface area contributed by atoms with Gasteiger partial charge in [-0.05, 0) is 33.1 Å². The molecular formula is C16H32N2O. The predicted molar refractivity (Wildman–Crippen MR) is 81.2 cm³/mol. The standard InChI is InChI=1S/C16H32N2O/c1-4-5-6-7-8-9-10-16(19)18-15-12-11-13(2)17-14(15)3/h13-15,17H,4-12H2,1-3H3,(H,18,19). The lowest BCUT2D eigenvalue weighted by atomic mass is 9.95. The van der Waals surface area contributed by atoms with Gasteiger partial charge in [0.15, 0.2) is 0 Å². The summed E-state index contributed by atoms with van der Waals surface area (Å²) in [5, 5.41) is 6.70. The van der Waals surface area contributed by atoms with Gasteiger partial charge in [0, 0.05) is 24.5 Å². The molecule has 1 fully saturated rings. The summed E-state index contributed by atoms with van der Waals surface area (Å²) in [5.74, 6) is 0.240. The Hall–Kier alpha value is -0.570. The summed E-state index contributed by atoms with van der Waals surface area (Å²) in [4.78, 5) is 11.9. The van der Waals surface area contributed by atoms with E-state index >= 15 is 0 Å². The van der Waals surface area contributed by atoms with Gasteiger partial charge in [0.25, 0.3) is 0 Å². The van der Waals surface area contributed by atoms with Crippen molar-refractivity contribution in [3.8, 4) is 0 Å². The molecule has 1 heterocycles. The van der Waals surface area contributed by atoms with Crippen molar-refractivity contribution < 1.29 is 4.79 Å². The van der Waals surface area contributed by atoms with Crippen LogP contribution in [0.3, 0.4) is 0 Å². The van der Waals surface area contributed by atoms with Gasteiger partial charge in [-0.2, -0.15) is 0 Å². The Kier molecular flexibility index (Phi) is 8.11. The Morgan fingerprint density at radius 1 is 1.11 bits per heavy atom. The number of carbonyl (C=O) groups excluding carboxylic acids is 1. The van der Waals surface area contributed by atoms with Crippen LogP contribution in [0.2, 0.25) is 0 Å². The highest BCUT2D eigenvalue weighted by molar-refractivity contribution is 5.76. The van der Waals surface area contributed by atoms with Crippen LogP contribution in [0, 0.1) is 0 Å². The summed E-state index contributed by atoms with van der Waals surface area (Å²) in [6.07, 6.45) is 10.4. The number of rotatable bonds is 8. The fourth-order valence-electron chi connectivity index (χ4n) is 2.87. The first kappa shape index (κ1) is 16.5. The Morgan fingerprint density at radius 2 is 1.79 bits per heavy atom. The molecule has 1 rings (SSSR count). The van der Waals surface area contributed by atoms with Crippen molar-refractivity contribution >= 4 is 5.91 Å². The fourth-order valence-corrected chi connectivity index (χ4v) is 2.87. The summed E-state index contributed by atoms with van der Waals surface area (Å²) >= 11 is 0. The first-order valence-electron chi connectivity index (χ1n) is 8.19. The lowest BCUT2D eigenvalue weighted by molar-refractivity contribution is -0.122. The number of hydrogen-bond donors (Lipinski definition) is 2. The van der Waals surface area contributed by atoms with Crippen LogP contribution in [-0.2, 0) is 4.79 Å². The van der Waals surface area contributed by atoms with Crippen LogP contribution in [0.25, 0.3) is 0 Å². The molecule has 3 heteroatoms. The van der Waals surface area contributed by atoms with Crippen LogP contribution in [0.5, 0.6) is 0 Å². The SMILES string of the molecule is CCCCCCCCC(=O)NC1CCC(C)NC1C. The lowest BCUT2D eigenvalue weighted by Gasteiger charge is -2.34. The van der Waals surface area contributed by atoms with E-state index in [-0.39, 0.29) is 5.91 Å². The zero-order valence-corrected chi connectivity index (χ0v) is 13.0. The van der Waals surface area contributed by atoms with E-state index in [0.29, 0.717) is 24.5 Å². The summed E-state index contributed by atoms with van der Waals surface area (Å²) < 4.78 is 0. The third-order valence-electron chi connectivity index (χ3n) is 4.17. The Labute approximate surface area is 118 Å². The highest BCUT2D eigenvalue weighted by Crippen LogP contribution is 2.14. The van der Waals surface area contributed by atoms with Crippen LogP contribution in [0.4, 0.5) is 0 Å². The van der Waals surface area contributed by atoms with E-state index in [9.17, 15) is 4.79 Å². The molecule has 1 aliphatic heterocycles.